The van der Waals surface area contributed by atoms with E-state index in [0.717, 1.165) is 30.8 Å². The van der Waals surface area contributed by atoms with Crippen molar-refractivity contribution in [3.8, 4) is 0 Å². The molecular weight excluding hydrogens is 324 g/mol. The number of rotatable bonds is 3. The number of benzene rings is 2. The highest BCUT2D eigenvalue weighted by Crippen LogP contribution is 2.21. The number of nitrogens with zero attached hydrogens (tertiary/aromatic N) is 3. The van der Waals surface area contributed by atoms with Gasteiger partial charge in [0.05, 0.1) is 5.56 Å². The molecule has 3 aromatic rings. The molecule has 2 aromatic carbocycles. The summed E-state index contributed by atoms with van der Waals surface area (Å²) in [6.45, 7) is 3.69. The predicted molar refractivity (Wildman–Crippen MR) is 102 cm³/mol. The zero-order valence-electron chi connectivity index (χ0n) is 14.6. The third-order valence-electron chi connectivity index (χ3n) is 4.62. The molecule has 0 saturated heterocycles. The van der Waals surface area contributed by atoms with Crippen molar-refractivity contribution in [2.45, 2.75) is 19.9 Å². The van der Waals surface area contributed by atoms with Crippen LogP contribution in [0.3, 0.4) is 0 Å². The summed E-state index contributed by atoms with van der Waals surface area (Å²) in [4.78, 5) is 23.3. The molecule has 0 saturated carbocycles. The molecule has 0 bridgehead atoms. The van der Waals surface area contributed by atoms with Gasteiger partial charge in [0.1, 0.15) is 0 Å². The molecular formula is C21H20N4O. The molecule has 130 valence electrons. The number of carbonyl (C=O) groups excluding carboxylic acids is 1. The van der Waals surface area contributed by atoms with Crippen LogP contribution in [0.15, 0.2) is 60.9 Å². The zero-order chi connectivity index (χ0) is 17.9. The van der Waals surface area contributed by atoms with Crippen molar-refractivity contribution >= 4 is 17.5 Å². The highest BCUT2D eigenvalue weighted by atomic mass is 16.1. The van der Waals surface area contributed by atoms with Gasteiger partial charge in [0.25, 0.3) is 5.91 Å². The topological polar surface area (TPSA) is 58.1 Å². The van der Waals surface area contributed by atoms with Crippen LogP contribution in [0.2, 0.25) is 0 Å². The Morgan fingerprint density at radius 1 is 1.00 bits per heavy atom. The van der Waals surface area contributed by atoms with Crippen LogP contribution in [-0.4, -0.2) is 22.4 Å². The van der Waals surface area contributed by atoms with E-state index in [4.69, 9.17) is 0 Å². The van der Waals surface area contributed by atoms with Gasteiger partial charge in [-0.3, -0.25) is 4.79 Å². The Bertz CT molecular complexity index is 920. The average molecular weight is 344 g/mol. The summed E-state index contributed by atoms with van der Waals surface area (Å²) < 4.78 is 0. The molecule has 5 nitrogen and oxygen atoms in total. The summed E-state index contributed by atoms with van der Waals surface area (Å²) in [7, 11) is 0. The minimum atomic E-state index is -0.204. The normalized spacial score (nSPS) is 13.2. The Kier molecular flexibility index (Phi) is 4.35. The molecule has 1 N–H and O–H groups in total. The molecule has 0 unspecified atom stereocenters. The molecule has 1 aliphatic heterocycles. The van der Waals surface area contributed by atoms with Gasteiger partial charge in [-0.25, -0.2) is 9.97 Å². The van der Waals surface area contributed by atoms with Crippen molar-refractivity contribution in [3.05, 3.63) is 83.2 Å². The SMILES string of the molecule is Cc1ccc(NC(=O)c2cnc(N3CCc4ccccc4C3)nc2)cc1. The van der Waals surface area contributed by atoms with E-state index in [-0.39, 0.29) is 5.91 Å². The Balaban J connectivity index is 1.45. The van der Waals surface area contributed by atoms with Gasteiger partial charge in [-0.2, -0.15) is 0 Å². The Morgan fingerprint density at radius 2 is 1.69 bits per heavy atom. The average Bonchev–Trinajstić information content (AvgIpc) is 2.69. The first-order valence-electron chi connectivity index (χ1n) is 8.71. The van der Waals surface area contributed by atoms with E-state index < -0.39 is 0 Å². The summed E-state index contributed by atoms with van der Waals surface area (Å²) in [5.74, 6) is 0.454. The fraction of sp³-hybridized carbons (Fsp3) is 0.190. The number of aromatic nitrogens is 2. The summed E-state index contributed by atoms with van der Waals surface area (Å²) in [5.41, 5.74) is 5.06. The lowest BCUT2D eigenvalue weighted by molar-refractivity contribution is 0.102. The molecule has 0 aliphatic carbocycles. The van der Waals surface area contributed by atoms with Gasteiger partial charge in [0.15, 0.2) is 0 Å². The van der Waals surface area contributed by atoms with Gasteiger partial charge in [0, 0.05) is 31.2 Å². The largest absolute Gasteiger partial charge is 0.336 e. The van der Waals surface area contributed by atoms with E-state index in [1.807, 2.05) is 31.2 Å². The quantitative estimate of drug-likeness (QED) is 0.789. The van der Waals surface area contributed by atoms with Crippen LogP contribution in [-0.2, 0) is 13.0 Å². The van der Waals surface area contributed by atoms with E-state index in [2.05, 4.69) is 44.5 Å². The van der Waals surface area contributed by atoms with Crippen molar-refractivity contribution in [2.75, 3.05) is 16.8 Å². The lowest BCUT2D eigenvalue weighted by Gasteiger charge is -2.28. The number of nitrogens with one attached hydrogen (secondary N) is 1. The molecule has 26 heavy (non-hydrogen) atoms. The van der Waals surface area contributed by atoms with Gasteiger partial charge in [0.2, 0.25) is 5.95 Å². The Labute approximate surface area is 152 Å². The summed E-state index contributed by atoms with van der Waals surface area (Å²) in [6, 6.07) is 16.1. The molecule has 5 heteroatoms. The maximum Gasteiger partial charge on any atom is 0.258 e. The molecule has 0 atom stereocenters. The third kappa shape index (κ3) is 3.42. The number of carbonyl (C=O) groups is 1. The Hall–Kier alpha value is -3.21. The lowest BCUT2D eigenvalue weighted by Crippen LogP contribution is -2.31. The van der Waals surface area contributed by atoms with Crippen LogP contribution >= 0.6 is 0 Å². The van der Waals surface area contributed by atoms with Crippen LogP contribution < -0.4 is 10.2 Å². The van der Waals surface area contributed by atoms with Gasteiger partial charge >= 0.3 is 0 Å². The van der Waals surface area contributed by atoms with Crippen molar-refractivity contribution in [3.63, 3.8) is 0 Å². The van der Waals surface area contributed by atoms with Crippen LogP contribution in [0.4, 0.5) is 11.6 Å². The number of hydrogen-bond donors (Lipinski definition) is 1. The summed E-state index contributed by atoms with van der Waals surface area (Å²) in [5, 5.41) is 2.86. The fourth-order valence-electron chi connectivity index (χ4n) is 3.11. The fourth-order valence-corrected chi connectivity index (χ4v) is 3.11. The van der Waals surface area contributed by atoms with E-state index in [0.29, 0.717) is 11.5 Å². The molecule has 1 amide bonds. The highest BCUT2D eigenvalue weighted by Gasteiger charge is 2.18. The lowest BCUT2D eigenvalue weighted by atomic mass is 10.0. The smallest absolute Gasteiger partial charge is 0.258 e. The molecule has 0 spiro atoms. The monoisotopic (exact) mass is 344 g/mol. The van der Waals surface area contributed by atoms with Crippen molar-refractivity contribution in [2.24, 2.45) is 0 Å². The first kappa shape index (κ1) is 16.3. The van der Waals surface area contributed by atoms with Gasteiger partial charge in [-0.1, -0.05) is 42.0 Å². The van der Waals surface area contributed by atoms with Gasteiger partial charge in [-0.15, -0.1) is 0 Å². The number of fused-ring (bicyclic) bond motifs is 1. The maximum atomic E-state index is 12.3. The van der Waals surface area contributed by atoms with E-state index >= 15 is 0 Å². The Morgan fingerprint density at radius 3 is 2.42 bits per heavy atom. The maximum absolute atomic E-state index is 12.3. The summed E-state index contributed by atoms with van der Waals surface area (Å²) >= 11 is 0. The zero-order valence-corrected chi connectivity index (χ0v) is 14.6. The van der Waals surface area contributed by atoms with Crippen LogP contribution in [0.1, 0.15) is 27.0 Å². The van der Waals surface area contributed by atoms with Crippen molar-refractivity contribution in [1.29, 1.82) is 0 Å². The number of anilines is 2. The second-order valence-electron chi connectivity index (χ2n) is 6.53. The second-order valence-corrected chi connectivity index (χ2v) is 6.53. The molecule has 4 rings (SSSR count). The molecule has 1 aliphatic rings. The first-order chi connectivity index (χ1) is 12.7. The van der Waals surface area contributed by atoms with Crippen LogP contribution in [0.25, 0.3) is 0 Å². The van der Waals surface area contributed by atoms with E-state index in [1.165, 1.54) is 11.1 Å². The number of amides is 1. The minimum Gasteiger partial charge on any atom is -0.336 e. The number of aryl methyl sites for hydroxylation is 1. The predicted octanol–water partition coefficient (Wildman–Crippen LogP) is 3.60. The third-order valence-corrected chi connectivity index (χ3v) is 4.62. The summed E-state index contributed by atoms with van der Waals surface area (Å²) in [6.07, 6.45) is 4.16. The van der Waals surface area contributed by atoms with Gasteiger partial charge < -0.3 is 10.2 Å². The molecule has 0 fully saturated rings. The van der Waals surface area contributed by atoms with Crippen molar-refractivity contribution < 1.29 is 4.79 Å². The molecule has 0 radical (unpaired) electrons. The second kappa shape index (κ2) is 6.96. The van der Waals surface area contributed by atoms with Crippen LogP contribution in [0.5, 0.6) is 0 Å². The standard InChI is InChI=1S/C21H20N4O/c1-15-6-8-19(9-7-15)24-20(26)18-12-22-21(23-13-18)25-11-10-16-4-2-3-5-17(16)14-25/h2-9,12-13H,10-11,14H2,1H3,(H,24,26). The van der Waals surface area contributed by atoms with Crippen LogP contribution in [0, 0.1) is 6.92 Å². The van der Waals surface area contributed by atoms with E-state index in [1.54, 1.807) is 12.4 Å². The van der Waals surface area contributed by atoms with E-state index in [9.17, 15) is 4.79 Å². The highest BCUT2D eigenvalue weighted by molar-refractivity contribution is 6.03. The van der Waals surface area contributed by atoms with Crippen molar-refractivity contribution in [1.82, 2.24) is 9.97 Å². The minimum absolute atomic E-state index is 0.204. The number of hydrogen-bond acceptors (Lipinski definition) is 4. The molecule has 2 heterocycles. The van der Waals surface area contributed by atoms with Gasteiger partial charge in [-0.05, 0) is 36.6 Å². The first-order valence-corrected chi connectivity index (χ1v) is 8.71. The molecule has 1 aromatic heterocycles.